The molecule has 0 N–H and O–H groups in total. The minimum absolute atomic E-state index is 0. The minimum atomic E-state index is 0. The molecule has 0 unspecified atom stereocenters. The lowest BCUT2D eigenvalue weighted by atomic mass is 10.0. The lowest BCUT2D eigenvalue weighted by Gasteiger charge is -2.40. The van der Waals surface area contributed by atoms with E-state index in [1.807, 2.05) is 0 Å². The molecule has 2 saturated heterocycles. The van der Waals surface area contributed by atoms with E-state index in [0.717, 1.165) is 58.7 Å². The molecule has 6 heteroatoms. The fraction of sp³-hybridized carbons (Fsp3) is 0.650. The third kappa shape index (κ3) is 6.12. The Kier molecular flexibility index (Phi) is 10.6. The Bertz CT molecular complexity index is 521. The van der Waals surface area contributed by atoms with Gasteiger partial charge in [-0.05, 0) is 37.9 Å². The van der Waals surface area contributed by atoms with E-state index in [0.29, 0.717) is 5.91 Å². The molecule has 0 aliphatic carbocycles. The topological polar surface area (TPSA) is 26.8 Å². The van der Waals surface area contributed by atoms with Crippen LogP contribution >= 0.6 is 24.8 Å². The summed E-state index contributed by atoms with van der Waals surface area (Å²) in [6.07, 6.45) is 4.58. The van der Waals surface area contributed by atoms with Gasteiger partial charge in [0.15, 0.2) is 0 Å². The first-order chi connectivity index (χ1) is 11.8. The Morgan fingerprint density at radius 3 is 2.35 bits per heavy atom. The van der Waals surface area contributed by atoms with Crippen molar-refractivity contribution in [2.24, 2.45) is 0 Å². The molecule has 1 aromatic rings. The Balaban J connectivity index is 0.00000169. The number of rotatable bonds is 5. The van der Waals surface area contributed by atoms with E-state index in [1.165, 1.54) is 18.4 Å². The van der Waals surface area contributed by atoms with Crippen LogP contribution in [-0.2, 0) is 11.2 Å². The van der Waals surface area contributed by atoms with Crippen LogP contribution < -0.4 is 0 Å². The SMILES string of the molecule is CCN1CCCC[C@H]1C(=O)N1CCN(CCc2ccccc2)CC1.Cl.Cl. The molecule has 1 aromatic carbocycles. The van der Waals surface area contributed by atoms with Crippen LogP contribution in [0.5, 0.6) is 0 Å². The zero-order valence-electron chi connectivity index (χ0n) is 15.8. The number of hydrogen-bond donors (Lipinski definition) is 0. The largest absolute Gasteiger partial charge is 0.339 e. The highest BCUT2D eigenvalue weighted by molar-refractivity contribution is 5.85. The number of nitrogens with zero attached hydrogens (tertiary/aromatic N) is 3. The average Bonchev–Trinajstić information content (AvgIpc) is 2.67. The van der Waals surface area contributed by atoms with Crippen LogP contribution in [0.3, 0.4) is 0 Å². The van der Waals surface area contributed by atoms with Gasteiger partial charge in [0.2, 0.25) is 5.91 Å². The number of benzene rings is 1. The summed E-state index contributed by atoms with van der Waals surface area (Å²) in [4.78, 5) is 19.8. The Morgan fingerprint density at radius 1 is 1.00 bits per heavy atom. The van der Waals surface area contributed by atoms with Gasteiger partial charge in [0.25, 0.3) is 0 Å². The summed E-state index contributed by atoms with van der Waals surface area (Å²) in [6.45, 7) is 9.15. The van der Waals surface area contributed by atoms with Gasteiger partial charge in [0.1, 0.15) is 0 Å². The summed E-state index contributed by atoms with van der Waals surface area (Å²) < 4.78 is 0. The van der Waals surface area contributed by atoms with Gasteiger partial charge in [-0.3, -0.25) is 14.6 Å². The number of likely N-dealkylation sites (N-methyl/N-ethyl adjacent to an activating group) is 1. The van der Waals surface area contributed by atoms with Gasteiger partial charge in [0, 0.05) is 32.7 Å². The van der Waals surface area contributed by atoms with Crippen LogP contribution in [0.2, 0.25) is 0 Å². The second-order valence-corrected chi connectivity index (χ2v) is 7.04. The second kappa shape index (κ2) is 11.8. The zero-order chi connectivity index (χ0) is 16.8. The molecule has 26 heavy (non-hydrogen) atoms. The van der Waals surface area contributed by atoms with E-state index in [-0.39, 0.29) is 30.9 Å². The van der Waals surface area contributed by atoms with Crippen molar-refractivity contribution in [3.63, 3.8) is 0 Å². The normalized spacial score (nSPS) is 21.6. The quantitative estimate of drug-likeness (QED) is 0.758. The lowest BCUT2D eigenvalue weighted by Crippen LogP contribution is -2.56. The summed E-state index contributed by atoms with van der Waals surface area (Å²) in [5, 5.41) is 0. The molecule has 0 radical (unpaired) electrons. The van der Waals surface area contributed by atoms with Gasteiger partial charge < -0.3 is 4.90 Å². The van der Waals surface area contributed by atoms with Gasteiger partial charge in [-0.2, -0.15) is 0 Å². The summed E-state index contributed by atoms with van der Waals surface area (Å²) in [6, 6.07) is 10.8. The number of carbonyl (C=O) groups excluding carboxylic acids is 1. The number of piperidine rings is 1. The second-order valence-electron chi connectivity index (χ2n) is 7.04. The van der Waals surface area contributed by atoms with E-state index in [1.54, 1.807) is 0 Å². The van der Waals surface area contributed by atoms with Crippen molar-refractivity contribution in [1.82, 2.24) is 14.7 Å². The van der Waals surface area contributed by atoms with Crippen molar-refractivity contribution in [2.45, 2.75) is 38.6 Å². The van der Waals surface area contributed by atoms with Crippen LogP contribution in [0.25, 0.3) is 0 Å². The molecule has 0 aromatic heterocycles. The maximum absolute atomic E-state index is 12.9. The van der Waals surface area contributed by atoms with Gasteiger partial charge in [0.05, 0.1) is 6.04 Å². The van der Waals surface area contributed by atoms with Crippen LogP contribution in [0.4, 0.5) is 0 Å². The highest BCUT2D eigenvalue weighted by Crippen LogP contribution is 2.19. The van der Waals surface area contributed by atoms with Crippen LogP contribution in [0.15, 0.2) is 30.3 Å². The average molecular weight is 402 g/mol. The Labute approximate surface area is 170 Å². The zero-order valence-corrected chi connectivity index (χ0v) is 17.4. The summed E-state index contributed by atoms with van der Waals surface area (Å²) in [7, 11) is 0. The molecule has 2 aliphatic rings. The molecular formula is C20H33Cl2N3O. The number of amides is 1. The molecule has 3 rings (SSSR count). The molecule has 2 fully saturated rings. The van der Waals surface area contributed by atoms with Gasteiger partial charge in [-0.15, -0.1) is 24.8 Å². The molecule has 0 spiro atoms. The number of hydrogen-bond acceptors (Lipinski definition) is 3. The minimum Gasteiger partial charge on any atom is -0.339 e. The fourth-order valence-electron chi connectivity index (χ4n) is 3.98. The van der Waals surface area contributed by atoms with E-state index < -0.39 is 0 Å². The lowest BCUT2D eigenvalue weighted by molar-refractivity contribution is -0.140. The number of likely N-dealkylation sites (tertiary alicyclic amines) is 1. The molecule has 2 heterocycles. The van der Waals surface area contributed by atoms with Crippen molar-refractivity contribution in [3.05, 3.63) is 35.9 Å². The van der Waals surface area contributed by atoms with Crippen molar-refractivity contribution >= 4 is 30.7 Å². The smallest absolute Gasteiger partial charge is 0.240 e. The van der Waals surface area contributed by atoms with E-state index in [2.05, 4.69) is 52.0 Å². The summed E-state index contributed by atoms with van der Waals surface area (Å²) in [5.74, 6) is 0.374. The number of carbonyl (C=O) groups is 1. The maximum Gasteiger partial charge on any atom is 0.240 e. The Hall–Kier alpha value is -0.810. The predicted octanol–water partition coefficient (Wildman–Crippen LogP) is 3.09. The molecule has 0 bridgehead atoms. The first kappa shape index (κ1) is 23.2. The third-order valence-electron chi connectivity index (χ3n) is 5.55. The standard InChI is InChI=1S/C20H31N3O.2ClH/c1-2-22-12-7-6-10-19(22)20(24)23-16-14-21(15-17-23)13-11-18-8-4-3-5-9-18;;/h3-5,8-9,19H,2,6-7,10-17H2,1H3;2*1H/t19-;;/m0../s1. The van der Waals surface area contributed by atoms with Crippen molar-refractivity contribution in [3.8, 4) is 0 Å². The highest BCUT2D eigenvalue weighted by atomic mass is 35.5. The van der Waals surface area contributed by atoms with Crippen molar-refractivity contribution < 1.29 is 4.79 Å². The Morgan fingerprint density at radius 2 is 1.69 bits per heavy atom. The monoisotopic (exact) mass is 401 g/mol. The van der Waals surface area contributed by atoms with Gasteiger partial charge in [-0.1, -0.05) is 43.7 Å². The van der Waals surface area contributed by atoms with Gasteiger partial charge >= 0.3 is 0 Å². The summed E-state index contributed by atoms with van der Waals surface area (Å²) >= 11 is 0. The van der Waals surface area contributed by atoms with Crippen LogP contribution in [0.1, 0.15) is 31.7 Å². The van der Waals surface area contributed by atoms with Crippen molar-refractivity contribution in [2.75, 3.05) is 45.8 Å². The first-order valence-electron chi connectivity index (χ1n) is 9.57. The predicted molar refractivity (Wildman–Crippen MR) is 113 cm³/mol. The third-order valence-corrected chi connectivity index (χ3v) is 5.55. The molecule has 1 atom stereocenters. The maximum atomic E-state index is 12.9. The van der Waals surface area contributed by atoms with E-state index >= 15 is 0 Å². The number of halogens is 2. The molecule has 4 nitrogen and oxygen atoms in total. The van der Waals surface area contributed by atoms with Gasteiger partial charge in [-0.25, -0.2) is 0 Å². The summed E-state index contributed by atoms with van der Waals surface area (Å²) in [5.41, 5.74) is 1.40. The van der Waals surface area contributed by atoms with Crippen LogP contribution in [0, 0.1) is 0 Å². The molecule has 1 amide bonds. The van der Waals surface area contributed by atoms with Crippen LogP contribution in [-0.4, -0.2) is 72.5 Å². The van der Waals surface area contributed by atoms with E-state index in [4.69, 9.17) is 0 Å². The molecule has 148 valence electrons. The fourth-order valence-corrected chi connectivity index (χ4v) is 3.98. The van der Waals surface area contributed by atoms with Crippen molar-refractivity contribution in [1.29, 1.82) is 0 Å². The highest BCUT2D eigenvalue weighted by Gasteiger charge is 2.32. The number of piperazine rings is 1. The molecule has 0 saturated carbocycles. The first-order valence-corrected chi connectivity index (χ1v) is 9.57. The molecule has 2 aliphatic heterocycles. The van der Waals surface area contributed by atoms with E-state index in [9.17, 15) is 4.79 Å². The molecular weight excluding hydrogens is 369 g/mol.